The SMILES string of the molecule is CC(C)CC(=O)N(C)C1CCN2CCc3c(oc4ccccc34)C2C1.Cl. The van der Waals surface area contributed by atoms with Crippen LogP contribution in [0.1, 0.15) is 50.5 Å². The number of hydrogen-bond donors (Lipinski definition) is 0. The van der Waals surface area contributed by atoms with Gasteiger partial charge in [0, 0.05) is 43.5 Å². The number of amides is 1. The minimum Gasteiger partial charge on any atom is -0.459 e. The third-order valence-electron chi connectivity index (χ3n) is 5.89. The molecule has 0 N–H and O–H groups in total. The molecule has 1 aromatic carbocycles. The molecule has 0 saturated carbocycles. The highest BCUT2D eigenvalue weighted by molar-refractivity contribution is 5.85. The van der Waals surface area contributed by atoms with Crippen molar-refractivity contribution in [3.8, 4) is 0 Å². The van der Waals surface area contributed by atoms with Gasteiger partial charge in [-0.1, -0.05) is 32.0 Å². The second-order valence-corrected chi connectivity index (χ2v) is 8.02. The summed E-state index contributed by atoms with van der Waals surface area (Å²) < 4.78 is 6.27. The second kappa shape index (κ2) is 7.61. The number of carbonyl (C=O) groups is 1. The van der Waals surface area contributed by atoms with Gasteiger partial charge in [0.05, 0.1) is 6.04 Å². The van der Waals surface area contributed by atoms with E-state index in [1.807, 2.05) is 18.0 Å². The number of rotatable bonds is 3. The normalized spacial score (nSPS) is 22.6. The first-order valence-electron chi connectivity index (χ1n) is 9.54. The zero-order valence-electron chi connectivity index (χ0n) is 15.9. The fourth-order valence-corrected chi connectivity index (χ4v) is 4.48. The number of carbonyl (C=O) groups excluding carboxylic acids is 1. The lowest BCUT2D eigenvalue weighted by atomic mass is 9.88. The molecule has 2 unspecified atom stereocenters. The molecule has 5 heteroatoms. The fourth-order valence-electron chi connectivity index (χ4n) is 4.48. The zero-order chi connectivity index (χ0) is 17.6. The maximum atomic E-state index is 12.5. The minimum absolute atomic E-state index is 0. The van der Waals surface area contributed by atoms with Gasteiger partial charge in [-0.15, -0.1) is 12.4 Å². The van der Waals surface area contributed by atoms with Gasteiger partial charge in [0.2, 0.25) is 5.91 Å². The molecule has 2 aliphatic rings. The van der Waals surface area contributed by atoms with E-state index in [1.165, 1.54) is 10.9 Å². The number of fused-ring (bicyclic) bond motifs is 5. The van der Waals surface area contributed by atoms with Gasteiger partial charge in [0.1, 0.15) is 11.3 Å². The largest absolute Gasteiger partial charge is 0.459 e. The first kappa shape index (κ1) is 19.2. The van der Waals surface area contributed by atoms with E-state index in [2.05, 4.69) is 36.9 Å². The van der Waals surface area contributed by atoms with Crippen LogP contribution in [-0.2, 0) is 11.2 Å². The predicted molar refractivity (Wildman–Crippen MR) is 107 cm³/mol. The van der Waals surface area contributed by atoms with E-state index in [0.29, 0.717) is 24.4 Å². The highest BCUT2D eigenvalue weighted by Gasteiger charge is 2.38. The van der Waals surface area contributed by atoms with Crippen LogP contribution in [0.3, 0.4) is 0 Å². The third kappa shape index (κ3) is 3.37. The lowest BCUT2D eigenvalue weighted by Crippen LogP contribution is -2.48. The molecule has 2 aliphatic heterocycles. The maximum absolute atomic E-state index is 12.5. The monoisotopic (exact) mass is 376 g/mol. The van der Waals surface area contributed by atoms with Crippen LogP contribution in [0.5, 0.6) is 0 Å². The molecule has 1 aromatic heterocycles. The molecule has 0 spiro atoms. The van der Waals surface area contributed by atoms with Crippen molar-refractivity contribution >= 4 is 29.3 Å². The van der Waals surface area contributed by atoms with Crippen molar-refractivity contribution in [1.29, 1.82) is 0 Å². The molecule has 4 rings (SSSR count). The predicted octanol–water partition coefficient (Wildman–Crippen LogP) is 4.42. The summed E-state index contributed by atoms with van der Waals surface area (Å²) in [5, 5.41) is 1.27. The Kier molecular flexibility index (Phi) is 5.64. The van der Waals surface area contributed by atoms with Gasteiger partial charge in [0.25, 0.3) is 0 Å². The van der Waals surface area contributed by atoms with Crippen molar-refractivity contribution < 1.29 is 9.21 Å². The Balaban J connectivity index is 0.00000196. The van der Waals surface area contributed by atoms with Crippen LogP contribution in [0, 0.1) is 5.92 Å². The quantitative estimate of drug-likeness (QED) is 0.795. The summed E-state index contributed by atoms with van der Waals surface area (Å²) in [5.41, 5.74) is 2.38. The summed E-state index contributed by atoms with van der Waals surface area (Å²) in [5.74, 6) is 1.82. The molecule has 1 fully saturated rings. The number of benzene rings is 1. The van der Waals surface area contributed by atoms with Gasteiger partial charge in [-0.2, -0.15) is 0 Å². The van der Waals surface area contributed by atoms with Crippen LogP contribution >= 0.6 is 12.4 Å². The fraction of sp³-hybridized carbons (Fsp3) is 0.571. The van der Waals surface area contributed by atoms with Gasteiger partial charge >= 0.3 is 0 Å². The van der Waals surface area contributed by atoms with Crippen LogP contribution < -0.4 is 0 Å². The highest BCUT2D eigenvalue weighted by Crippen LogP contribution is 2.42. The standard InChI is InChI=1S/C21H28N2O2.ClH/c1-14(2)12-20(24)22(3)15-8-10-23-11-9-17-16-6-4-5-7-19(16)25-21(17)18(23)13-15;/h4-7,14-15,18H,8-13H2,1-3H3;1H. The van der Waals surface area contributed by atoms with Gasteiger partial charge in [-0.3, -0.25) is 9.69 Å². The van der Waals surface area contributed by atoms with Crippen LogP contribution in [0.25, 0.3) is 11.0 Å². The number of nitrogens with zero attached hydrogens (tertiary/aromatic N) is 2. The summed E-state index contributed by atoms with van der Waals surface area (Å²) in [6, 6.07) is 8.99. The van der Waals surface area contributed by atoms with Gasteiger partial charge < -0.3 is 9.32 Å². The molecule has 0 bridgehead atoms. The average molecular weight is 377 g/mol. The molecule has 1 saturated heterocycles. The number of piperidine rings is 1. The van der Waals surface area contributed by atoms with E-state index >= 15 is 0 Å². The Morgan fingerprint density at radius 2 is 2.08 bits per heavy atom. The Labute approximate surface area is 161 Å². The molecule has 3 heterocycles. The summed E-state index contributed by atoms with van der Waals surface area (Å²) in [4.78, 5) is 17.0. The molecule has 4 nitrogen and oxygen atoms in total. The summed E-state index contributed by atoms with van der Waals surface area (Å²) >= 11 is 0. The first-order valence-corrected chi connectivity index (χ1v) is 9.54. The van der Waals surface area contributed by atoms with E-state index in [9.17, 15) is 4.79 Å². The van der Waals surface area contributed by atoms with Gasteiger partial charge in [-0.25, -0.2) is 0 Å². The smallest absolute Gasteiger partial charge is 0.222 e. The number of furan rings is 1. The molecule has 1 amide bonds. The Morgan fingerprint density at radius 1 is 1.31 bits per heavy atom. The van der Waals surface area contributed by atoms with Crippen LogP contribution in [0.2, 0.25) is 0 Å². The summed E-state index contributed by atoms with van der Waals surface area (Å²) in [6.45, 7) is 6.36. The van der Waals surface area contributed by atoms with Crippen molar-refractivity contribution in [2.75, 3.05) is 20.1 Å². The van der Waals surface area contributed by atoms with Gasteiger partial charge in [-0.05, 0) is 31.2 Å². The summed E-state index contributed by atoms with van der Waals surface area (Å²) in [6.07, 6.45) is 3.74. The highest BCUT2D eigenvalue weighted by atomic mass is 35.5. The number of halogens is 1. The molecule has 2 aromatic rings. The van der Waals surface area contributed by atoms with E-state index in [4.69, 9.17) is 4.42 Å². The molecule has 142 valence electrons. The summed E-state index contributed by atoms with van der Waals surface area (Å²) in [7, 11) is 1.98. The molecule has 0 aliphatic carbocycles. The minimum atomic E-state index is 0. The van der Waals surface area contributed by atoms with E-state index < -0.39 is 0 Å². The van der Waals surface area contributed by atoms with Crippen LogP contribution in [0.4, 0.5) is 0 Å². The molecular formula is C21H29ClN2O2. The first-order chi connectivity index (χ1) is 12.0. The van der Waals surface area contributed by atoms with Crippen LogP contribution in [-0.4, -0.2) is 41.9 Å². The van der Waals surface area contributed by atoms with Crippen LogP contribution in [0.15, 0.2) is 28.7 Å². The Bertz CT molecular complexity index is 785. The van der Waals surface area contributed by atoms with E-state index in [-0.39, 0.29) is 18.3 Å². The topological polar surface area (TPSA) is 36.7 Å². The van der Waals surface area contributed by atoms with E-state index in [1.54, 1.807) is 0 Å². The Morgan fingerprint density at radius 3 is 2.85 bits per heavy atom. The van der Waals surface area contributed by atoms with Crippen molar-refractivity contribution in [3.05, 3.63) is 35.6 Å². The average Bonchev–Trinajstić information content (AvgIpc) is 2.99. The van der Waals surface area contributed by atoms with Crippen molar-refractivity contribution in [3.63, 3.8) is 0 Å². The lowest BCUT2D eigenvalue weighted by Gasteiger charge is -2.44. The second-order valence-electron chi connectivity index (χ2n) is 8.02. The van der Waals surface area contributed by atoms with Crippen molar-refractivity contribution in [2.24, 2.45) is 5.92 Å². The Hall–Kier alpha value is -1.52. The zero-order valence-corrected chi connectivity index (χ0v) is 16.7. The van der Waals surface area contributed by atoms with Gasteiger partial charge in [0.15, 0.2) is 0 Å². The third-order valence-corrected chi connectivity index (χ3v) is 5.89. The molecular weight excluding hydrogens is 348 g/mol. The molecule has 2 atom stereocenters. The van der Waals surface area contributed by atoms with Crippen molar-refractivity contribution in [2.45, 2.75) is 51.6 Å². The number of para-hydroxylation sites is 1. The number of hydrogen-bond acceptors (Lipinski definition) is 3. The van der Waals surface area contributed by atoms with E-state index in [0.717, 1.165) is 43.7 Å². The van der Waals surface area contributed by atoms with Crippen molar-refractivity contribution in [1.82, 2.24) is 9.80 Å². The lowest BCUT2D eigenvalue weighted by molar-refractivity contribution is -0.134. The maximum Gasteiger partial charge on any atom is 0.222 e. The molecule has 26 heavy (non-hydrogen) atoms. The molecule has 0 radical (unpaired) electrons.